The molecule has 0 aromatic heterocycles. The maximum Gasteiger partial charge on any atom is 0.276 e. The fraction of sp³-hybridized carbons (Fsp3) is 0.471. The Morgan fingerprint density at radius 2 is 2.00 bits per heavy atom. The number of benzene rings is 1. The summed E-state index contributed by atoms with van der Waals surface area (Å²) in [5.41, 5.74) is 0.454. The lowest BCUT2D eigenvalue weighted by Gasteiger charge is -2.36. The van der Waals surface area contributed by atoms with Crippen LogP contribution in [0.4, 0.5) is 5.69 Å². The zero-order valence-corrected chi connectivity index (χ0v) is 13.6. The molecule has 1 saturated carbocycles. The first kappa shape index (κ1) is 17.1. The maximum absolute atomic E-state index is 12.0. The highest BCUT2D eigenvalue weighted by molar-refractivity contribution is 5.92. The van der Waals surface area contributed by atoms with Crippen LogP contribution in [0.5, 0.6) is 0 Å². The Morgan fingerprint density at radius 3 is 2.61 bits per heavy atom. The zero-order chi connectivity index (χ0) is 16.9. The SMILES string of the molecule is CN(C)C1(CNC(=O)/C=C\c2ccccc2[N+](=O)[O-])CCCC1. The number of nitrogens with zero attached hydrogens (tertiary/aromatic N) is 2. The monoisotopic (exact) mass is 317 g/mol. The number of amides is 1. The molecule has 0 spiro atoms. The Morgan fingerprint density at radius 1 is 1.35 bits per heavy atom. The van der Waals surface area contributed by atoms with Gasteiger partial charge in [0.05, 0.1) is 10.5 Å². The van der Waals surface area contributed by atoms with Gasteiger partial charge in [-0.1, -0.05) is 25.0 Å². The zero-order valence-electron chi connectivity index (χ0n) is 13.6. The topological polar surface area (TPSA) is 75.5 Å². The number of hydrogen-bond acceptors (Lipinski definition) is 4. The minimum absolute atomic E-state index is 0.00268. The molecule has 0 aliphatic heterocycles. The van der Waals surface area contributed by atoms with Gasteiger partial charge in [0.1, 0.15) is 0 Å². The highest BCUT2D eigenvalue weighted by atomic mass is 16.6. The van der Waals surface area contributed by atoms with Crippen LogP contribution >= 0.6 is 0 Å². The predicted octanol–water partition coefficient (Wildman–Crippen LogP) is 2.60. The molecule has 0 unspecified atom stereocenters. The van der Waals surface area contributed by atoms with Crippen molar-refractivity contribution in [1.29, 1.82) is 0 Å². The van der Waals surface area contributed by atoms with Gasteiger partial charge < -0.3 is 10.2 Å². The lowest BCUT2D eigenvalue weighted by atomic mass is 9.96. The largest absolute Gasteiger partial charge is 0.351 e. The minimum atomic E-state index is -0.447. The summed E-state index contributed by atoms with van der Waals surface area (Å²) in [4.78, 5) is 24.7. The Kier molecular flexibility index (Phi) is 5.50. The summed E-state index contributed by atoms with van der Waals surface area (Å²) in [6.45, 7) is 0.597. The first-order valence-corrected chi connectivity index (χ1v) is 7.81. The molecule has 6 heteroatoms. The second-order valence-corrected chi connectivity index (χ2v) is 6.19. The number of carbonyl (C=O) groups excluding carboxylic acids is 1. The van der Waals surface area contributed by atoms with Crippen LogP contribution in [0, 0.1) is 10.1 Å². The van der Waals surface area contributed by atoms with Crippen molar-refractivity contribution >= 4 is 17.7 Å². The van der Waals surface area contributed by atoms with Crippen molar-refractivity contribution in [2.45, 2.75) is 31.2 Å². The van der Waals surface area contributed by atoms with Crippen molar-refractivity contribution in [2.75, 3.05) is 20.6 Å². The van der Waals surface area contributed by atoms with Crippen molar-refractivity contribution in [2.24, 2.45) is 0 Å². The maximum atomic E-state index is 12.0. The van der Waals surface area contributed by atoms with E-state index in [1.165, 1.54) is 31.1 Å². The van der Waals surface area contributed by atoms with Crippen LogP contribution in [0.25, 0.3) is 6.08 Å². The van der Waals surface area contributed by atoms with E-state index in [-0.39, 0.29) is 17.1 Å². The third-order valence-electron chi connectivity index (χ3n) is 4.62. The molecule has 0 radical (unpaired) electrons. The van der Waals surface area contributed by atoms with Gasteiger partial charge >= 0.3 is 0 Å². The molecule has 0 bridgehead atoms. The standard InChI is InChI=1S/C17H23N3O3/c1-19(2)17(11-5-6-12-17)13-18-16(21)10-9-14-7-3-4-8-15(14)20(22)23/h3-4,7-10H,5-6,11-13H2,1-2H3,(H,18,21)/b10-9-. The molecule has 1 aliphatic carbocycles. The number of para-hydroxylation sites is 1. The number of nitro benzene ring substituents is 1. The van der Waals surface area contributed by atoms with Crippen molar-refractivity contribution in [3.8, 4) is 0 Å². The number of nitro groups is 1. The molecule has 23 heavy (non-hydrogen) atoms. The molecular formula is C17H23N3O3. The predicted molar refractivity (Wildman–Crippen MR) is 90.0 cm³/mol. The molecule has 124 valence electrons. The number of nitrogens with one attached hydrogen (secondary N) is 1. The van der Waals surface area contributed by atoms with Crippen molar-refractivity contribution in [3.05, 3.63) is 46.0 Å². The second kappa shape index (κ2) is 7.37. The minimum Gasteiger partial charge on any atom is -0.351 e. The lowest BCUT2D eigenvalue weighted by molar-refractivity contribution is -0.385. The lowest BCUT2D eigenvalue weighted by Crippen LogP contribution is -2.50. The van der Waals surface area contributed by atoms with Gasteiger partial charge in [0.2, 0.25) is 5.91 Å². The van der Waals surface area contributed by atoms with E-state index in [1.54, 1.807) is 18.2 Å². The summed E-state index contributed by atoms with van der Waals surface area (Å²) in [7, 11) is 4.08. The van der Waals surface area contributed by atoms with Gasteiger partial charge in [0.25, 0.3) is 5.69 Å². The molecule has 6 nitrogen and oxygen atoms in total. The fourth-order valence-electron chi connectivity index (χ4n) is 3.09. The average molecular weight is 317 g/mol. The van der Waals surface area contributed by atoms with Crippen molar-refractivity contribution < 1.29 is 9.72 Å². The summed E-state index contributed by atoms with van der Waals surface area (Å²) in [6.07, 6.45) is 7.37. The number of likely N-dealkylation sites (N-methyl/N-ethyl adjacent to an activating group) is 1. The Labute approximate surface area is 136 Å². The second-order valence-electron chi connectivity index (χ2n) is 6.19. The molecule has 1 aromatic rings. The van der Waals surface area contributed by atoms with Gasteiger partial charge in [-0.05, 0) is 39.1 Å². The van der Waals surface area contributed by atoms with E-state index < -0.39 is 4.92 Å². The Balaban J connectivity index is 1.99. The third-order valence-corrected chi connectivity index (χ3v) is 4.62. The Hall–Kier alpha value is -2.21. The molecule has 0 heterocycles. The first-order chi connectivity index (χ1) is 10.9. The molecule has 1 aliphatic rings. The number of rotatable bonds is 6. The summed E-state index contributed by atoms with van der Waals surface area (Å²) in [5.74, 6) is -0.226. The van der Waals surface area contributed by atoms with Gasteiger partial charge in [-0.3, -0.25) is 14.9 Å². The van der Waals surface area contributed by atoms with Gasteiger partial charge in [0, 0.05) is 24.2 Å². The van der Waals surface area contributed by atoms with Crippen LogP contribution < -0.4 is 5.32 Å². The fourth-order valence-corrected chi connectivity index (χ4v) is 3.09. The van der Waals surface area contributed by atoms with E-state index in [9.17, 15) is 14.9 Å². The number of carbonyl (C=O) groups is 1. The third kappa shape index (κ3) is 4.16. The quantitative estimate of drug-likeness (QED) is 0.497. The molecular weight excluding hydrogens is 294 g/mol. The van der Waals surface area contributed by atoms with Gasteiger partial charge in [-0.15, -0.1) is 0 Å². The van der Waals surface area contributed by atoms with Crippen LogP contribution in [-0.4, -0.2) is 41.9 Å². The number of hydrogen-bond donors (Lipinski definition) is 1. The summed E-state index contributed by atoms with van der Waals surface area (Å²) in [5, 5.41) is 13.9. The van der Waals surface area contributed by atoms with E-state index in [4.69, 9.17) is 0 Å². The van der Waals surface area contributed by atoms with Gasteiger partial charge in [0.15, 0.2) is 0 Å². The summed E-state index contributed by atoms with van der Waals surface area (Å²) >= 11 is 0. The smallest absolute Gasteiger partial charge is 0.276 e. The van der Waals surface area contributed by atoms with Crippen LogP contribution in [0.2, 0.25) is 0 Å². The van der Waals surface area contributed by atoms with Crippen molar-refractivity contribution in [3.63, 3.8) is 0 Å². The van der Waals surface area contributed by atoms with E-state index in [1.807, 2.05) is 14.1 Å². The van der Waals surface area contributed by atoms with E-state index in [0.717, 1.165) is 12.8 Å². The molecule has 1 amide bonds. The first-order valence-electron chi connectivity index (χ1n) is 7.81. The molecule has 1 N–H and O–H groups in total. The van der Waals surface area contributed by atoms with E-state index >= 15 is 0 Å². The van der Waals surface area contributed by atoms with Crippen LogP contribution in [0.15, 0.2) is 30.3 Å². The van der Waals surface area contributed by atoms with E-state index in [0.29, 0.717) is 12.1 Å². The highest BCUT2D eigenvalue weighted by Gasteiger charge is 2.35. The van der Waals surface area contributed by atoms with Crippen LogP contribution in [0.1, 0.15) is 31.2 Å². The Bertz CT molecular complexity index is 605. The van der Waals surface area contributed by atoms with Crippen molar-refractivity contribution in [1.82, 2.24) is 10.2 Å². The molecule has 0 saturated heterocycles. The van der Waals surface area contributed by atoms with Gasteiger partial charge in [-0.25, -0.2) is 0 Å². The summed E-state index contributed by atoms with van der Waals surface area (Å²) in [6, 6.07) is 6.37. The molecule has 1 aromatic carbocycles. The summed E-state index contributed by atoms with van der Waals surface area (Å²) < 4.78 is 0. The van der Waals surface area contributed by atoms with E-state index in [2.05, 4.69) is 10.2 Å². The molecule has 2 rings (SSSR count). The molecule has 0 atom stereocenters. The van der Waals surface area contributed by atoms with Crippen LogP contribution in [-0.2, 0) is 4.79 Å². The molecule has 1 fully saturated rings. The average Bonchev–Trinajstić information content (AvgIpc) is 3.01. The highest BCUT2D eigenvalue weighted by Crippen LogP contribution is 2.33. The normalized spacial score (nSPS) is 16.8. The van der Waals surface area contributed by atoms with Gasteiger partial charge in [-0.2, -0.15) is 0 Å². The van der Waals surface area contributed by atoms with Crippen LogP contribution in [0.3, 0.4) is 0 Å².